The molecule has 19 heavy (non-hydrogen) atoms. The highest BCUT2D eigenvalue weighted by Gasteiger charge is 2.14. The Bertz CT molecular complexity index is 429. The van der Waals surface area contributed by atoms with Crippen molar-refractivity contribution in [2.75, 3.05) is 7.11 Å². The van der Waals surface area contributed by atoms with Crippen molar-refractivity contribution in [1.82, 2.24) is 0 Å². The lowest BCUT2D eigenvalue weighted by molar-refractivity contribution is 0.402. The standard InChI is InChI=1S/C16H26ClNO/c1-10(2)15(18)8-6-7-13-12(4)14(17)9-11(3)16(13)19-5/h9-10,15H,6-8,18H2,1-5H3. The van der Waals surface area contributed by atoms with Crippen molar-refractivity contribution in [3.05, 3.63) is 27.8 Å². The lowest BCUT2D eigenvalue weighted by Crippen LogP contribution is -2.26. The van der Waals surface area contributed by atoms with Gasteiger partial charge in [-0.25, -0.2) is 0 Å². The fraction of sp³-hybridized carbons (Fsp3) is 0.625. The maximum atomic E-state index is 6.26. The second-order valence-corrected chi connectivity index (χ2v) is 6.02. The van der Waals surface area contributed by atoms with E-state index in [2.05, 4.69) is 20.8 Å². The number of methoxy groups -OCH3 is 1. The number of aryl methyl sites for hydroxylation is 1. The first-order chi connectivity index (χ1) is 8.88. The molecule has 0 aliphatic rings. The van der Waals surface area contributed by atoms with E-state index in [1.54, 1.807) is 7.11 Å². The molecule has 0 spiro atoms. The number of hydrogen-bond acceptors (Lipinski definition) is 2. The van der Waals surface area contributed by atoms with Gasteiger partial charge < -0.3 is 10.5 Å². The first kappa shape index (κ1) is 16.3. The average molecular weight is 284 g/mol. The van der Waals surface area contributed by atoms with Crippen molar-refractivity contribution >= 4 is 11.6 Å². The van der Waals surface area contributed by atoms with Crippen molar-refractivity contribution in [3.8, 4) is 5.75 Å². The number of ether oxygens (including phenoxy) is 1. The Morgan fingerprint density at radius 3 is 2.47 bits per heavy atom. The lowest BCUT2D eigenvalue weighted by atomic mass is 9.94. The Kier molecular flexibility index (Phi) is 6.15. The molecule has 0 heterocycles. The van der Waals surface area contributed by atoms with Crippen molar-refractivity contribution in [2.24, 2.45) is 11.7 Å². The van der Waals surface area contributed by atoms with Gasteiger partial charge >= 0.3 is 0 Å². The molecule has 0 fully saturated rings. The third-order valence-electron chi connectivity index (χ3n) is 3.81. The zero-order valence-electron chi connectivity index (χ0n) is 12.7. The van der Waals surface area contributed by atoms with Gasteiger partial charge in [0.15, 0.2) is 0 Å². The molecule has 1 atom stereocenters. The van der Waals surface area contributed by atoms with E-state index in [1.807, 2.05) is 13.0 Å². The van der Waals surface area contributed by atoms with E-state index in [-0.39, 0.29) is 6.04 Å². The van der Waals surface area contributed by atoms with Crippen molar-refractivity contribution in [1.29, 1.82) is 0 Å². The third kappa shape index (κ3) is 4.12. The second-order valence-electron chi connectivity index (χ2n) is 5.61. The number of benzene rings is 1. The van der Waals surface area contributed by atoms with Crippen LogP contribution in [0.3, 0.4) is 0 Å². The normalized spacial score (nSPS) is 12.8. The molecule has 3 heteroatoms. The number of rotatable bonds is 6. The Hall–Kier alpha value is -0.730. The van der Waals surface area contributed by atoms with Gasteiger partial charge in [0.05, 0.1) is 7.11 Å². The van der Waals surface area contributed by atoms with Crippen LogP contribution < -0.4 is 10.5 Å². The molecule has 0 radical (unpaired) electrons. The first-order valence-electron chi connectivity index (χ1n) is 6.96. The average Bonchev–Trinajstić information content (AvgIpc) is 2.35. The van der Waals surface area contributed by atoms with Crippen LogP contribution >= 0.6 is 11.6 Å². The minimum atomic E-state index is 0.270. The minimum Gasteiger partial charge on any atom is -0.496 e. The summed E-state index contributed by atoms with van der Waals surface area (Å²) in [5.41, 5.74) is 9.54. The van der Waals surface area contributed by atoms with Gasteiger partial charge in [0.25, 0.3) is 0 Å². The molecule has 2 N–H and O–H groups in total. The van der Waals surface area contributed by atoms with E-state index < -0.39 is 0 Å². The molecule has 2 nitrogen and oxygen atoms in total. The molecule has 1 aromatic rings. The fourth-order valence-corrected chi connectivity index (χ4v) is 2.63. The van der Waals surface area contributed by atoms with E-state index in [0.29, 0.717) is 5.92 Å². The highest BCUT2D eigenvalue weighted by atomic mass is 35.5. The van der Waals surface area contributed by atoms with E-state index in [1.165, 1.54) is 5.56 Å². The van der Waals surface area contributed by atoms with Crippen molar-refractivity contribution in [3.63, 3.8) is 0 Å². The predicted molar refractivity (Wildman–Crippen MR) is 83.2 cm³/mol. The maximum absolute atomic E-state index is 6.26. The summed E-state index contributed by atoms with van der Waals surface area (Å²) in [6.45, 7) is 8.43. The van der Waals surface area contributed by atoms with Gasteiger partial charge in [-0.2, -0.15) is 0 Å². The summed E-state index contributed by atoms with van der Waals surface area (Å²) in [7, 11) is 1.72. The first-order valence-corrected chi connectivity index (χ1v) is 7.34. The summed E-state index contributed by atoms with van der Waals surface area (Å²) < 4.78 is 5.53. The zero-order valence-corrected chi connectivity index (χ0v) is 13.5. The van der Waals surface area contributed by atoms with Crippen LogP contribution in [-0.4, -0.2) is 13.2 Å². The highest BCUT2D eigenvalue weighted by molar-refractivity contribution is 6.31. The smallest absolute Gasteiger partial charge is 0.125 e. The van der Waals surface area contributed by atoms with Crippen LogP contribution in [0.5, 0.6) is 5.75 Å². The van der Waals surface area contributed by atoms with Crippen LogP contribution in [0, 0.1) is 19.8 Å². The fourth-order valence-electron chi connectivity index (χ4n) is 2.35. The molecule has 0 amide bonds. The molecular weight excluding hydrogens is 258 g/mol. The van der Waals surface area contributed by atoms with Crippen LogP contribution in [0.2, 0.25) is 5.02 Å². The van der Waals surface area contributed by atoms with Crippen LogP contribution in [-0.2, 0) is 6.42 Å². The molecule has 0 saturated heterocycles. The van der Waals surface area contributed by atoms with E-state index in [4.69, 9.17) is 22.1 Å². The van der Waals surface area contributed by atoms with E-state index in [0.717, 1.165) is 41.2 Å². The Morgan fingerprint density at radius 1 is 1.32 bits per heavy atom. The van der Waals surface area contributed by atoms with Crippen molar-refractivity contribution in [2.45, 2.75) is 53.0 Å². The largest absolute Gasteiger partial charge is 0.496 e. The SMILES string of the molecule is COc1c(C)cc(Cl)c(C)c1CCCC(N)C(C)C. The summed E-state index contributed by atoms with van der Waals surface area (Å²) in [4.78, 5) is 0. The van der Waals surface area contributed by atoms with Crippen LogP contribution in [0.1, 0.15) is 43.4 Å². The Balaban J connectivity index is 2.82. The summed E-state index contributed by atoms with van der Waals surface area (Å²) in [5.74, 6) is 1.50. The van der Waals surface area contributed by atoms with Crippen LogP contribution in [0.4, 0.5) is 0 Å². The van der Waals surface area contributed by atoms with E-state index in [9.17, 15) is 0 Å². The lowest BCUT2D eigenvalue weighted by Gasteiger charge is -2.18. The predicted octanol–water partition coefficient (Wildman–Crippen LogP) is 4.27. The minimum absolute atomic E-state index is 0.270. The van der Waals surface area contributed by atoms with Gasteiger partial charge in [0.2, 0.25) is 0 Å². The molecule has 0 aliphatic carbocycles. The molecule has 0 saturated carbocycles. The zero-order chi connectivity index (χ0) is 14.6. The topological polar surface area (TPSA) is 35.2 Å². The number of nitrogens with two attached hydrogens (primary N) is 1. The highest BCUT2D eigenvalue weighted by Crippen LogP contribution is 2.33. The molecule has 0 bridgehead atoms. The summed E-state index contributed by atoms with van der Waals surface area (Å²) in [6.07, 6.45) is 3.07. The van der Waals surface area contributed by atoms with Crippen LogP contribution in [0.15, 0.2) is 6.07 Å². The summed E-state index contributed by atoms with van der Waals surface area (Å²) in [5, 5.41) is 0.821. The maximum Gasteiger partial charge on any atom is 0.125 e. The Morgan fingerprint density at radius 2 is 1.95 bits per heavy atom. The molecule has 1 aromatic carbocycles. The van der Waals surface area contributed by atoms with E-state index >= 15 is 0 Å². The molecule has 108 valence electrons. The number of halogens is 1. The second kappa shape index (κ2) is 7.16. The van der Waals surface area contributed by atoms with Gasteiger partial charge in [-0.15, -0.1) is 0 Å². The Labute approximate surface area is 122 Å². The molecule has 1 rings (SSSR count). The molecule has 1 unspecified atom stereocenters. The van der Waals surface area contributed by atoms with Gasteiger partial charge in [-0.1, -0.05) is 25.4 Å². The van der Waals surface area contributed by atoms with Crippen LogP contribution in [0.25, 0.3) is 0 Å². The molecule has 0 aliphatic heterocycles. The summed E-state index contributed by atoms with van der Waals surface area (Å²) in [6, 6.07) is 2.24. The van der Waals surface area contributed by atoms with Crippen molar-refractivity contribution < 1.29 is 4.74 Å². The van der Waals surface area contributed by atoms with Gasteiger partial charge in [0, 0.05) is 11.1 Å². The van der Waals surface area contributed by atoms with Gasteiger partial charge in [-0.05, 0) is 61.8 Å². The summed E-state index contributed by atoms with van der Waals surface area (Å²) >= 11 is 6.26. The quantitative estimate of drug-likeness (QED) is 0.846. The van der Waals surface area contributed by atoms with Gasteiger partial charge in [0.1, 0.15) is 5.75 Å². The van der Waals surface area contributed by atoms with Gasteiger partial charge in [-0.3, -0.25) is 0 Å². The number of hydrogen-bond donors (Lipinski definition) is 1. The molecule has 0 aromatic heterocycles. The molecular formula is C16H26ClNO. The monoisotopic (exact) mass is 283 g/mol. The third-order valence-corrected chi connectivity index (χ3v) is 4.20.